The Morgan fingerprint density at radius 3 is 2.35 bits per heavy atom. The van der Waals surface area contributed by atoms with Crippen LogP contribution >= 0.6 is 11.8 Å². The van der Waals surface area contributed by atoms with Gasteiger partial charge in [-0.3, -0.25) is 9.69 Å². The third-order valence-corrected chi connectivity index (χ3v) is 6.63. The minimum atomic E-state index is -0.256. The van der Waals surface area contributed by atoms with Gasteiger partial charge in [0.2, 0.25) is 5.91 Å². The first kappa shape index (κ1) is 21.9. The number of anilines is 1. The molecule has 6 heteroatoms. The van der Waals surface area contributed by atoms with Crippen LogP contribution in [0.25, 0.3) is 11.3 Å². The zero-order valence-corrected chi connectivity index (χ0v) is 19.5. The average molecular weight is 466 g/mol. The predicted octanol–water partition coefficient (Wildman–Crippen LogP) is 6.34. The van der Waals surface area contributed by atoms with Gasteiger partial charge in [-0.15, -0.1) is 5.10 Å². The highest BCUT2D eigenvalue weighted by Crippen LogP contribution is 2.34. The maximum atomic E-state index is 13.3. The van der Waals surface area contributed by atoms with Crippen molar-refractivity contribution >= 4 is 34.7 Å². The van der Waals surface area contributed by atoms with Gasteiger partial charge in [0.05, 0.1) is 17.2 Å². The van der Waals surface area contributed by atoms with E-state index >= 15 is 0 Å². The van der Waals surface area contributed by atoms with Crippen molar-refractivity contribution in [1.82, 2.24) is 0 Å². The van der Waals surface area contributed by atoms with E-state index in [0.717, 1.165) is 22.6 Å². The lowest BCUT2D eigenvalue weighted by Gasteiger charge is -2.15. The molecule has 1 atom stereocenters. The Bertz CT molecular complexity index is 1330. The van der Waals surface area contributed by atoms with Gasteiger partial charge in [0.15, 0.2) is 5.17 Å². The fourth-order valence-electron chi connectivity index (χ4n) is 3.74. The van der Waals surface area contributed by atoms with Crippen molar-refractivity contribution in [1.29, 1.82) is 0 Å². The smallest absolute Gasteiger partial charge is 0.247 e. The number of rotatable bonds is 6. The van der Waals surface area contributed by atoms with Gasteiger partial charge in [0.1, 0.15) is 11.5 Å². The third-order valence-electron chi connectivity index (χ3n) is 5.50. The summed E-state index contributed by atoms with van der Waals surface area (Å²) in [6.45, 7) is 2.05. The number of hydrogen-bond donors (Lipinski definition) is 0. The Hall–Kier alpha value is -3.90. The lowest BCUT2D eigenvalue weighted by molar-refractivity contribution is -0.116. The van der Waals surface area contributed by atoms with Crippen LogP contribution in [0.5, 0.6) is 0 Å². The number of carbonyl (C=O) groups excluding carboxylic acids is 1. The molecule has 0 spiro atoms. The van der Waals surface area contributed by atoms with E-state index in [2.05, 4.69) is 29.3 Å². The monoisotopic (exact) mass is 465 g/mol. The van der Waals surface area contributed by atoms with Crippen LogP contribution in [0.4, 0.5) is 5.69 Å². The van der Waals surface area contributed by atoms with Crippen molar-refractivity contribution in [2.24, 2.45) is 10.2 Å². The summed E-state index contributed by atoms with van der Waals surface area (Å²) >= 11 is 1.44. The molecule has 5 rings (SSSR count). The number of hydrogen-bond acceptors (Lipinski definition) is 5. The van der Waals surface area contributed by atoms with Crippen molar-refractivity contribution in [3.63, 3.8) is 0 Å². The van der Waals surface area contributed by atoms with Crippen LogP contribution in [0, 0.1) is 6.92 Å². The van der Waals surface area contributed by atoms with Crippen LogP contribution in [0.1, 0.15) is 16.9 Å². The molecule has 4 aromatic rings. The molecule has 2 heterocycles. The van der Waals surface area contributed by atoms with Gasteiger partial charge in [-0.2, -0.15) is 5.10 Å². The Balaban J connectivity index is 1.37. The molecule has 1 aromatic heterocycles. The van der Waals surface area contributed by atoms with Crippen LogP contribution in [0.15, 0.2) is 112 Å². The molecule has 1 saturated heterocycles. The van der Waals surface area contributed by atoms with Crippen molar-refractivity contribution in [3.05, 3.63) is 114 Å². The number of furan rings is 1. The van der Waals surface area contributed by atoms with E-state index in [1.54, 1.807) is 11.1 Å². The van der Waals surface area contributed by atoms with E-state index in [1.165, 1.54) is 17.3 Å². The first-order chi connectivity index (χ1) is 16.7. The molecule has 0 aliphatic carbocycles. The molecule has 5 nitrogen and oxygen atoms in total. The van der Waals surface area contributed by atoms with Crippen molar-refractivity contribution in [3.8, 4) is 11.3 Å². The van der Waals surface area contributed by atoms with E-state index in [4.69, 9.17) is 4.42 Å². The average Bonchev–Trinajstić information content (AvgIpc) is 3.45. The number of benzene rings is 3. The maximum absolute atomic E-state index is 13.3. The molecule has 0 radical (unpaired) electrons. The largest absolute Gasteiger partial charge is 0.455 e. The molecule has 1 aliphatic heterocycles. The van der Waals surface area contributed by atoms with E-state index in [1.807, 2.05) is 84.9 Å². The highest BCUT2D eigenvalue weighted by atomic mass is 32.2. The van der Waals surface area contributed by atoms with Gasteiger partial charge < -0.3 is 4.42 Å². The van der Waals surface area contributed by atoms with Crippen LogP contribution in [-0.2, 0) is 11.2 Å². The standard InChI is InChI=1S/C28H23N3O2S/c1-20-12-14-22(15-13-20)25-17-16-24(33-25)19-29-30-28-31(23-10-6-3-7-11-23)27(32)26(34-28)18-21-8-4-2-5-9-21/h2-17,19,26H,18H2,1H3/b29-19+,30-28+/t26-/m0/s1. The van der Waals surface area contributed by atoms with Crippen molar-refractivity contribution in [2.45, 2.75) is 18.6 Å². The summed E-state index contributed by atoms with van der Waals surface area (Å²) in [5.74, 6) is 1.38. The molecule has 0 unspecified atom stereocenters. The summed E-state index contributed by atoms with van der Waals surface area (Å²) in [5.41, 5.74) is 4.10. The lowest BCUT2D eigenvalue weighted by Crippen LogP contribution is -2.32. The number of para-hydroxylation sites is 1. The second kappa shape index (κ2) is 9.93. The summed E-state index contributed by atoms with van der Waals surface area (Å²) in [6.07, 6.45) is 2.21. The van der Waals surface area contributed by atoms with Crippen LogP contribution in [0.2, 0.25) is 0 Å². The molecule has 0 N–H and O–H groups in total. The van der Waals surface area contributed by atoms with Crippen LogP contribution < -0.4 is 4.90 Å². The molecule has 1 amide bonds. The SMILES string of the molecule is Cc1ccc(-c2ccc(/C=N/N=C3/S[C@@H](Cc4ccccc4)C(=O)N3c3ccccc3)o2)cc1. The molecular weight excluding hydrogens is 442 g/mol. The Labute approximate surface area is 202 Å². The summed E-state index contributed by atoms with van der Waals surface area (Å²) in [7, 11) is 0. The molecular formula is C28H23N3O2S. The molecule has 34 heavy (non-hydrogen) atoms. The number of amidine groups is 1. The number of thioether (sulfide) groups is 1. The number of amides is 1. The molecule has 168 valence electrons. The normalized spacial score (nSPS) is 17.2. The summed E-state index contributed by atoms with van der Waals surface area (Å²) in [4.78, 5) is 14.9. The number of aryl methyl sites for hydroxylation is 1. The Kier molecular flexibility index (Phi) is 6.40. The first-order valence-corrected chi connectivity index (χ1v) is 11.9. The van der Waals surface area contributed by atoms with Crippen molar-refractivity contribution < 1.29 is 9.21 Å². The van der Waals surface area contributed by atoms with Gasteiger partial charge in [-0.25, -0.2) is 0 Å². The van der Waals surface area contributed by atoms with E-state index < -0.39 is 0 Å². The molecule has 0 bridgehead atoms. The quantitative estimate of drug-likeness (QED) is 0.247. The zero-order chi connectivity index (χ0) is 23.3. The highest BCUT2D eigenvalue weighted by molar-refractivity contribution is 8.16. The van der Waals surface area contributed by atoms with E-state index in [9.17, 15) is 4.79 Å². The minimum Gasteiger partial charge on any atom is -0.455 e. The number of nitrogens with zero attached hydrogens (tertiary/aromatic N) is 3. The zero-order valence-electron chi connectivity index (χ0n) is 18.7. The minimum absolute atomic E-state index is 0.00802. The van der Waals surface area contributed by atoms with Gasteiger partial charge in [-0.1, -0.05) is 90.1 Å². The molecule has 1 aliphatic rings. The fourth-order valence-corrected chi connectivity index (χ4v) is 4.87. The Morgan fingerprint density at radius 1 is 0.912 bits per heavy atom. The maximum Gasteiger partial charge on any atom is 0.247 e. The van der Waals surface area contributed by atoms with Crippen LogP contribution in [-0.4, -0.2) is 22.5 Å². The molecule has 1 fully saturated rings. The second-order valence-corrected chi connectivity index (χ2v) is 9.17. The van der Waals surface area contributed by atoms with Gasteiger partial charge in [0.25, 0.3) is 0 Å². The summed E-state index contributed by atoms with van der Waals surface area (Å²) in [5, 5.41) is 8.96. The third kappa shape index (κ3) is 4.87. The van der Waals surface area contributed by atoms with Gasteiger partial charge in [0, 0.05) is 5.56 Å². The fraction of sp³-hybridized carbons (Fsp3) is 0.107. The lowest BCUT2D eigenvalue weighted by atomic mass is 10.1. The summed E-state index contributed by atoms with van der Waals surface area (Å²) in [6, 6.07) is 31.5. The molecule has 3 aromatic carbocycles. The predicted molar refractivity (Wildman–Crippen MR) is 139 cm³/mol. The molecule has 0 saturated carbocycles. The van der Waals surface area contributed by atoms with Gasteiger partial charge in [-0.05, 0) is 43.2 Å². The van der Waals surface area contributed by atoms with Crippen molar-refractivity contribution in [2.75, 3.05) is 4.90 Å². The van der Waals surface area contributed by atoms with E-state index in [0.29, 0.717) is 17.3 Å². The topological polar surface area (TPSA) is 58.2 Å². The van der Waals surface area contributed by atoms with Gasteiger partial charge >= 0.3 is 0 Å². The summed E-state index contributed by atoms with van der Waals surface area (Å²) < 4.78 is 5.90. The van der Waals surface area contributed by atoms with E-state index in [-0.39, 0.29) is 11.2 Å². The first-order valence-electron chi connectivity index (χ1n) is 11.0. The Morgan fingerprint density at radius 2 is 1.62 bits per heavy atom. The van der Waals surface area contributed by atoms with Crippen LogP contribution in [0.3, 0.4) is 0 Å². The second-order valence-electron chi connectivity index (χ2n) is 8.00. The highest BCUT2D eigenvalue weighted by Gasteiger charge is 2.39. The number of carbonyl (C=O) groups is 1.